The second-order valence-corrected chi connectivity index (χ2v) is 7.40. The van der Waals surface area contributed by atoms with Gasteiger partial charge in [0, 0.05) is 11.4 Å². The number of aryl methyl sites for hydroxylation is 2. The van der Waals surface area contributed by atoms with Crippen LogP contribution in [0.4, 0.5) is 0 Å². The molecule has 0 unspecified atom stereocenters. The molecular weight excluding hydrogens is 336 g/mol. The van der Waals surface area contributed by atoms with Crippen LogP contribution in [-0.2, 0) is 17.9 Å². The number of amides is 1. The van der Waals surface area contributed by atoms with E-state index in [4.69, 9.17) is 4.98 Å². The van der Waals surface area contributed by atoms with Crippen LogP contribution in [0.3, 0.4) is 0 Å². The first-order chi connectivity index (χ1) is 11.9. The Labute approximate surface area is 152 Å². The lowest BCUT2D eigenvalue weighted by Crippen LogP contribution is -2.36. The molecule has 0 bridgehead atoms. The molecule has 25 heavy (non-hydrogen) atoms. The smallest absolute Gasteiger partial charge is 0.263 e. The molecule has 2 rings (SSSR count). The maximum atomic E-state index is 13.1. The number of nitrogens with zero attached hydrogens (tertiary/aromatic N) is 3. The number of aromatic nitrogens is 2. The molecule has 2 heterocycles. The number of nitrogens with one attached hydrogen (secondary N) is 1. The van der Waals surface area contributed by atoms with Crippen LogP contribution in [0.2, 0.25) is 0 Å². The highest BCUT2D eigenvalue weighted by atomic mass is 32.1. The maximum Gasteiger partial charge on any atom is 0.263 e. The monoisotopic (exact) mass is 364 g/mol. The third-order valence-electron chi connectivity index (χ3n) is 4.50. The van der Waals surface area contributed by atoms with Crippen molar-refractivity contribution in [2.24, 2.45) is 0 Å². The molecule has 0 aliphatic carbocycles. The van der Waals surface area contributed by atoms with E-state index >= 15 is 0 Å². The van der Waals surface area contributed by atoms with E-state index < -0.39 is 0 Å². The molecule has 138 valence electrons. The van der Waals surface area contributed by atoms with Crippen LogP contribution < -0.4 is 10.9 Å². The van der Waals surface area contributed by atoms with Crippen LogP contribution in [-0.4, -0.2) is 40.0 Å². The fraction of sp³-hybridized carbons (Fsp3) is 0.611. The van der Waals surface area contributed by atoms with Gasteiger partial charge in [-0.1, -0.05) is 20.8 Å². The fourth-order valence-electron chi connectivity index (χ4n) is 2.76. The number of fused-ring (bicyclic) bond motifs is 1. The van der Waals surface area contributed by atoms with E-state index in [-0.39, 0.29) is 18.0 Å². The molecule has 2 aromatic rings. The Balaban J connectivity index is 2.53. The summed E-state index contributed by atoms with van der Waals surface area (Å²) in [5.41, 5.74) is 0.857. The zero-order chi connectivity index (χ0) is 18.6. The molecule has 1 N–H and O–H groups in total. The van der Waals surface area contributed by atoms with Gasteiger partial charge in [0.05, 0.1) is 11.9 Å². The van der Waals surface area contributed by atoms with Crippen LogP contribution in [0.5, 0.6) is 0 Å². The number of hydrogen-bond acceptors (Lipinski definition) is 5. The largest absolute Gasteiger partial charge is 0.355 e. The minimum Gasteiger partial charge on any atom is -0.355 e. The predicted molar refractivity (Wildman–Crippen MR) is 103 cm³/mol. The summed E-state index contributed by atoms with van der Waals surface area (Å²) >= 11 is 1.55. The SMILES string of the molecule is CCCNC(=O)Cn1c(CN(CC)CC)nc2sc(C)c(C)c2c1=O. The van der Waals surface area contributed by atoms with Crippen molar-refractivity contribution in [2.75, 3.05) is 19.6 Å². The Hall–Kier alpha value is -1.73. The zero-order valence-corrected chi connectivity index (χ0v) is 16.6. The van der Waals surface area contributed by atoms with Gasteiger partial charge in [-0.25, -0.2) is 4.98 Å². The Morgan fingerprint density at radius 2 is 1.92 bits per heavy atom. The molecule has 0 aliphatic heterocycles. The van der Waals surface area contributed by atoms with Crippen molar-refractivity contribution in [1.82, 2.24) is 19.8 Å². The lowest BCUT2D eigenvalue weighted by atomic mass is 10.2. The second-order valence-electron chi connectivity index (χ2n) is 6.19. The zero-order valence-electron chi connectivity index (χ0n) is 15.8. The predicted octanol–water partition coefficient (Wildman–Crippen LogP) is 2.44. The number of carbonyl (C=O) groups is 1. The summed E-state index contributed by atoms with van der Waals surface area (Å²) < 4.78 is 1.55. The standard InChI is InChI=1S/C18H28N4O2S/c1-6-9-19-15(23)11-22-14(10-21(7-2)8-3)20-17-16(18(22)24)12(4)13(5)25-17/h6-11H2,1-5H3,(H,19,23). The van der Waals surface area contributed by atoms with E-state index in [1.165, 1.54) is 0 Å². The Morgan fingerprint density at radius 1 is 1.24 bits per heavy atom. The van der Waals surface area contributed by atoms with Gasteiger partial charge in [-0.15, -0.1) is 11.3 Å². The molecule has 1 amide bonds. The molecule has 0 radical (unpaired) electrons. The van der Waals surface area contributed by atoms with Gasteiger partial charge in [0.25, 0.3) is 5.56 Å². The molecule has 0 saturated carbocycles. The molecule has 0 saturated heterocycles. The van der Waals surface area contributed by atoms with Gasteiger partial charge in [0.2, 0.25) is 5.91 Å². The van der Waals surface area contributed by atoms with Gasteiger partial charge < -0.3 is 5.32 Å². The first-order valence-corrected chi connectivity index (χ1v) is 9.72. The van der Waals surface area contributed by atoms with E-state index in [0.29, 0.717) is 24.3 Å². The van der Waals surface area contributed by atoms with Gasteiger partial charge in [-0.3, -0.25) is 19.1 Å². The van der Waals surface area contributed by atoms with Crippen molar-refractivity contribution in [3.8, 4) is 0 Å². The van der Waals surface area contributed by atoms with Crippen molar-refractivity contribution < 1.29 is 4.79 Å². The summed E-state index contributed by atoms with van der Waals surface area (Å²) in [6.45, 7) is 13.1. The molecule has 0 atom stereocenters. The molecule has 2 aromatic heterocycles. The summed E-state index contributed by atoms with van der Waals surface area (Å²) in [7, 11) is 0. The van der Waals surface area contributed by atoms with Gasteiger partial charge in [0.15, 0.2) is 0 Å². The third-order valence-corrected chi connectivity index (χ3v) is 5.60. The average Bonchev–Trinajstić information content (AvgIpc) is 2.88. The Kier molecular flexibility index (Phi) is 6.72. The van der Waals surface area contributed by atoms with Crippen molar-refractivity contribution in [3.05, 3.63) is 26.6 Å². The molecule has 0 spiro atoms. The lowest BCUT2D eigenvalue weighted by Gasteiger charge is -2.20. The highest BCUT2D eigenvalue weighted by Gasteiger charge is 2.19. The summed E-state index contributed by atoms with van der Waals surface area (Å²) in [6, 6.07) is 0. The molecule has 0 fully saturated rings. The van der Waals surface area contributed by atoms with Crippen molar-refractivity contribution >= 4 is 27.5 Å². The van der Waals surface area contributed by atoms with Crippen LogP contribution in [0, 0.1) is 13.8 Å². The fourth-order valence-corrected chi connectivity index (χ4v) is 3.80. The molecular formula is C18H28N4O2S. The summed E-state index contributed by atoms with van der Waals surface area (Å²) in [5.74, 6) is 0.518. The normalized spacial score (nSPS) is 11.4. The van der Waals surface area contributed by atoms with Gasteiger partial charge in [-0.05, 0) is 38.9 Å². The molecule has 0 aliphatic rings. The third kappa shape index (κ3) is 4.27. The van der Waals surface area contributed by atoms with Crippen molar-refractivity contribution in [1.29, 1.82) is 0 Å². The van der Waals surface area contributed by atoms with Crippen LogP contribution in [0.15, 0.2) is 4.79 Å². The molecule has 0 aromatic carbocycles. The number of carbonyl (C=O) groups excluding carboxylic acids is 1. The summed E-state index contributed by atoms with van der Waals surface area (Å²) in [4.78, 5) is 34.1. The van der Waals surface area contributed by atoms with Crippen molar-refractivity contribution in [2.45, 2.75) is 54.1 Å². The molecule has 7 heteroatoms. The van der Waals surface area contributed by atoms with Gasteiger partial charge in [0.1, 0.15) is 17.2 Å². The van der Waals surface area contributed by atoms with E-state index in [0.717, 1.165) is 34.8 Å². The van der Waals surface area contributed by atoms with Gasteiger partial charge >= 0.3 is 0 Å². The number of rotatable bonds is 8. The topological polar surface area (TPSA) is 67.2 Å². The van der Waals surface area contributed by atoms with E-state index in [9.17, 15) is 9.59 Å². The first-order valence-electron chi connectivity index (χ1n) is 8.91. The molecule has 6 nitrogen and oxygen atoms in total. The maximum absolute atomic E-state index is 13.1. The van der Waals surface area contributed by atoms with E-state index in [2.05, 4.69) is 24.1 Å². The van der Waals surface area contributed by atoms with Gasteiger partial charge in [-0.2, -0.15) is 0 Å². The minimum atomic E-state index is -0.143. The Bertz CT molecular complexity index is 805. The summed E-state index contributed by atoms with van der Waals surface area (Å²) in [6.07, 6.45) is 0.868. The highest BCUT2D eigenvalue weighted by molar-refractivity contribution is 7.18. The van der Waals surface area contributed by atoms with Crippen LogP contribution in [0.25, 0.3) is 10.2 Å². The minimum absolute atomic E-state index is 0.0205. The Morgan fingerprint density at radius 3 is 2.52 bits per heavy atom. The van der Waals surface area contributed by atoms with Crippen LogP contribution >= 0.6 is 11.3 Å². The summed E-state index contributed by atoms with van der Waals surface area (Å²) in [5, 5.41) is 3.49. The highest BCUT2D eigenvalue weighted by Crippen LogP contribution is 2.26. The quantitative estimate of drug-likeness (QED) is 0.781. The van der Waals surface area contributed by atoms with E-state index in [1.807, 2.05) is 20.8 Å². The second kappa shape index (κ2) is 8.58. The first kappa shape index (κ1) is 19.6. The average molecular weight is 365 g/mol. The van der Waals surface area contributed by atoms with Crippen LogP contribution in [0.1, 0.15) is 43.5 Å². The van der Waals surface area contributed by atoms with Crippen molar-refractivity contribution in [3.63, 3.8) is 0 Å². The number of hydrogen-bond donors (Lipinski definition) is 1. The van der Waals surface area contributed by atoms with E-state index in [1.54, 1.807) is 15.9 Å². The lowest BCUT2D eigenvalue weighted by molar-refractivity contribution is -0.121. The number of thiophene rings is 1.